The molecule has 0 radical (unpaired) electrons. The zero-order valence-corrected chi connectivity index (χ0v) is 64.0. The van der Waals surface area contributed by atoms with E-state index in [0.717, 1.165) is 130 Å². The van der Waals surface area contributed by atoms with Crippen LogP contribution in [0.4, 0.5) is 67.8 Å². The zero-order valence-electron chi connectivity index (χ0n) is 61.5. The number of fused-ring (bicyclic) bond motifs is 5. The van der Waals surface area contributed by atoms with E-state index in [-0.39, 0.29) is 38.4 Å². The molecule has 3 aliphatic carbocycles. The molecule has 0 spiro atoms. The molecular weight excluding hydrogens is 1500 g/mol. The summed E-state index contributed by atoms with van der Waals surface area (Å²) < 4.78 is 127. The van der Waals surface area contributed by atoms with Gasteiger partial charge in [0.15, 0.2) is 33.0 Å². The number of hydrogen-bond donors (Lipinski definition) is 6. The molecule has 6 heterocycles. The van der Waals surface area contributed by atoms with Gasteiger partial charge in [-0.15, -0.1) is 0 Å². The van der Waals surface area contributed by atoms with Crippen molar-refractivity contribution in [2.75, 3.05) is 69.4 Å². The van der Waals surface area contributed by atoms with E-state index in [2.05, 4.69) is 57.8 Å². The second-order valence-corrected chi connectivity index (χ2v) is 31.4. The molecular formula is C81H84F5N17O6S3. The van der Waals surface area contributed by atoms with E-state index >= 15 is 8.78 Å². The Morgan fingerprint density at radius 1 is 0.393 bits per heavy atom. The van der Waals surface area contributed by atoms with E-state index in [0.29, 0.717) is 84.7 Å². The smallest absolute Gasteiger partial charge is 0.153 e. The minimum Gasteiger partial charge on any atom is -0.412 e. The maximum Gasteiger partial charge on any atom is 0.153 e. The predicted molar refractivity (Wildman–Crippen MR) is 438 cm³/mol. The lowest BCUT2D eigenvalue weighted by Gasteiger charge is -2.17. The van der Waals surface area contributed by atoms with Gasteiger partial charge in [-0.25, -0.2) is 64.5 Å². The van der Waals surface area contributed by atoms with E-state index in [9.17, 15) is 25.8 Å². The van der Waals surface area contributed by atoms with Crippen LogP contribution in [0.3, 0.4) is 0 Å². The SMILES string of the molecule is CN(C)c1ccc2c(S(=O)Nc3ccc(-c4cn(C5CCCC5)c5ncnc(N)c45)cc3F)cccc2c1.CN(C)c1cccc2c(S(=O)Nc3ccc(-c4cn(C5CCCC5)c5ncnc(N)c45)cc3F)cccc12.Nc1ncnc2c1c(-c1ccc(NS(=O)c3ccc(F)cc3F)c(F)c1)cn2C1CCCC1.O.O.O. The average Bonchev–Trinajstić information content (AvgIpc) is 1.59. The lowest BCUT2D eigenvalue weighted by molar-refractivity contribution is 0.532. The van der Waals surface area contributed by atoms with Crippen LogP contribution in [0.5, 0.6) is 0 Å². The van der Waals surface area contributed by atoms with Crippen molar-refractivity contribution in [3.8, 4) is 33.4 Å². The quantitative estimate of drug-likeness (QED) is 0.0462. The lowest BCUT2D eigenvalue weighted by atomic mass is 10.1. The van der Waals surface area contributed by atoms with Crippen molar-refractivity contribution in [3.63, 3.8) is 0 Å². The van der Waals surface area contributed by atoms with Gasteiger partial charge in [-0.3, -0.25) is 14.2 Å². The number of benzene rings is 8. The van der Waals surface area contributed by atoms with Crippen LogP contribution in [0.2, 0.25) is 0 Å². The molecule has 582 valence electrons. The molecule has 3 fully saturated rings. The van der Waals surface area contributed by atoms with Crippen molar-refractivity contribution in [1.82, 2.24) is 43.6 Å². The van der Waals surface area contributed by atoms with Crippen LogP contribution in [0, 0.1) is 29.1 Å². The maximum absolute atomic E-state index is 15.4. The number of nitrogens with one attached hydrogen (secondary N) is 3. The molecule has 3 aliphatic rings. The number of aromatic nitrogens is 9. The molecule has 6 aromatic heterocycles. The van der Waals surface area contributed by atoms with Crippen molar-refractivity contribution in [1.29, 1.82) is 0 Å². The van der Waals surface area contributed by atoms with Crippen LogP contribution < -0.4 is 41.2 Å². The van der Waals surface area contributed by atoms with Gasteiger partial charge in [0.05, 0.1) is 47.9 Å². The van der Waals surface area contributed by atoms with E-state index in [1.165, 1.54) is 68.9 Å². The molecule has 0 bridgehead atoms. The van der Waals surface area contributed by atoms with Gasteiger partial charge in [0.1, 0.15) is 82.5 Å². The van der Waals surface area contributed by atoms with Crippen molar-refractivity contribution in [2.45, 2.75) is 110 Å². The van der Waals surface area contributed by atoms with E-state index in [1.807, 2.05) is 129 Å². The first-order valence-corrected chi connectivity index (χ1v) is 39.3. The molecule has 3 unspecified atom stereocenters. The van der Waals surface area contributed by atoms with Gasteiger partial charge in [-0.2, -0.15) is 0 Å². The second kappa shape index (κ2) is 34.0. The Kier molecular flexibility index (Phi) is 24.3. The number of nitrogen functional groups attached to an aromatic ring is 3. The number of nitrogens with two attached hydrogens (primary N) is 3. The predicted octanol–water partition coefficient (Wildman–Crippen LogP) is 15.5. The fourth-order valence-electron chi connectivity index (χ4n) is 15.2. The van der Waals surface area contributed by atoms with Crippen molar-refractivity contribution >= 4 is 133 Å². The van der Waals surface area contributed by atoms with Crippen LogP contribution in [0.15, 0.2) is 198 Å². The minimum atomic E-state index is -2.11. The molecule has 0 aliphatic heterocycles. The Labute approximate surface area is 649 Å². The molecule has 112 heavy (non-hydrogen) atoms. The standard InChI is InChI=1S/2C29H29FN6OS.C23H20F3N5OS.3H2O/c1-35(2)25-11-5-10-21-20(25)9-6-12-26(21)38(37)34-24-14-13-18(15-23(24)30)22-16-36(19-7-3-4-8-19)29-27(22)28(31)32-17-33-29;1-35(2)21-11-12-22-18(14-21)6-5-9-26(22)38(37)34-25-13-10-19(15-24(25)30)23-16-36(20-7-3-4-8-20)29-27(23)28(31)32-17-33-29;24-14-6-8-20(18(26)10-14)33(32)30-19-7-5-13(9-17(19)25)16-11-31(15-3-1-2-4-15)23-21(16)22(27)28-12-29-23;;;/h5-6,9-17,19,34H,3-4,7-8H2,1-2H3,(H2,31,32,33);5-6,9-17,20,34H,3-4,7-8H2,1-2H3,(H2,31,32,33);5-12,15,30H,1-4H2,(H2,27,28,29);3*1H2. The van der Waals surface area contributed by atoms with Crippen molar-refractivity contribution in [3.05, 3.63) is 212 Å². The third kappa shape index (κ3) is 15.9. The van der Waals surface area contributed by atoms with Gasteiger partial charge in [-0.05, 0) is 145 Å². The highest BCUT2D eigenvalue weighted by Crippen LogP contribution is 2.44. The molecule has 0 amide bonds. The Morgan fingerprint density at radius 3 is 1.17 bits per heavy atom. The normalized spacial score (nSPS) is 14.5. The molecule has 14 aromatic rings. The molecule has 0 saturated heterocycles. The van der Waals surface area contributed by atoms with E-state index in [4.69, 9.17) is 17.2 Å². The molecule has 3 atom stereocenters. The van der Waals surface area contributed by atoms with Crippen LogP contribution in [0.1, 0.15) is 95.2 Å². The maximum atomic E-state index is 15.4. The number of nitrogens with zero attached hydrogens (tertiary/aromatic N) is 11. The summed E-state index contributed by atoms with van der Waals surface area (Å²) in [6.45, 7) is 0. The highest BCUT2D eigenvalue weighted by molar-refractivity contribution is 7.87. The molecule has 8 aromatic carbocycles. The highest BCUT2D eigenvalue weighted by Gasteiger charge is 2.28. The summed E-state index contributed by atoms with van der Waals surface area (Å²) in [5.41, 5.74) is 27.4. The fourth-order valence-corrected chi connectivity index (χ4v) is 18.3. The minimum absolute atomic E-state index is 0. The second-order valence-electron chi connectivity index (χ2n) is 27.9. The van der Waals surface area contributed by atoms with Gasteiger partial charge in [0.2, 0.25) is 0 Å². The average molecular weight is 1580 g/mol. The van der Waals surface area contributed by atoms with Crippen molar-refractivity contribution < 1.29 is 51.0 Å². The number of anilines is 8. The van der Waals surface area contributed by atoms with Crippen LogP contribution in [0.25, 0.3) is 88.0 Å². The molecule has 3 saturated carbocycles. The van der Waals surface area contributed by atoms with Crippen molar-refractivity contribution in [2.24, 2.45) is 0 Å². The van der Waals surface area contributed by atoms with Gasteiger partial charge in [-0.1, -0.05) is 99.2 Å². The van der Waals surface area contributed by atoms with E-state index < -0.39 is 62.0 Å². The van der Waals surface area contributed by atoms with E-state index in [1.54, 1.807) is 30.3 Å². The lowest BCUT2D eigenvalue weighted by Crippen LogP contribution is -2.10. The molecule has 15 N–H and O–H groups in total. The Balaban J connectivity index is 0.000000154. The number of hydrogen-bond acceptors (Lipinski definition) is 14. The van der Waals surface area contributed by atoms with Gasteiger partial charge < -0.3 is 57.1 Å². The Hall–Kier alpha value is -11.5. The first-order chi connectivity index (χ1) is 52.7. The van der Waals surface area contributed by atoms with Crippen LogP contribution in [-0.2, 0) is 33.0 Å². The third-order valence-electron chi connectivity index (χ3n) is 20.7. The summed E-state index contributed by atoms with van der Waals surface area (Å²) in [4.78, 5) is 30.9. The van der Waals surface area contributed by atoms with Gasteiger partial charge in [0, 0.05) is 110 Å². The summed E-state index contributed by atoms with van der Waals surface area (Å²) >= 11 is 0. The first kappa shape index (κ1) is 80.1. The summed E-state index contributed by atoms with van der Waals surface area (Å²) in [7, 11) is 2.45. The number of halogens is 5. The number of rotatable bonds is 17. The Bertz CT molecular complexity index is 5910. The monoisotopic (exact) mass is 1580 g/mol. The van der Waals surface area contributed by atoms with Crippen LogP contribution in [-0.4, -0.2) is 101 Å². The zero-order chi connectivity index (χ0) is 75.9. The fraction of sp³-hybridized carbons (Fsp3) is 0.235. The highest BCUT2D eigenvalue weighted by atomic mass is 32.2. The molecule has 17 rings (SSSR count). The summed E-state index contributed by atoms with van der Waals surface area (Å²) in [6, 6.07) is 41.0. The molecule has 23 nitrogen and oxygen atoms in total. The first-order valence-electron chi connectivity index (χ1n) is 35.9. The molecule has 31 heteroatoms. The Morgan fingerprint density at radius 2 is 0.777 bits per heavy atom. The van der Waals surface area contributed by atoms with Crippen LogP contribution >= 0.6 is 0 Å². The summed E-state index contributed by atoms with van der Waals surface area (Å²) in [5.74, 6) is -2.39. The summed E-state index contributed by atoms with van der Waals surface area (Å²) in [5, 5.41) is 5.79. The topological polar surface area (TPSA) is 358 Å². The third-order valence-corrected chi connectivity index (χ3v) is 24.2. The summed E-state index contributed by atoms with van der Waals surface area (Å²) in [6.07, 6.45) is 23.8. The van der Waals surface area contributed by atoms with Gasteiger partial charge >= 0.3 is 0 Å². The van der Waals surface area contributed by atoms with Gasteiger partial charge in [0.25, 0.3) is 0 Å². The largest absolute Gasteiger partial charge is 0.412 e.